The third kappa shape index (κ3) is 8.45. The first-order valence-corrected chi connectivity index (χ1v) is 8.76. The van der Waals surface area contributed by atoms with E-state index in [1.54, 1.807) is 27.7 Å². The molecule has 0 aliphatic heterocycles. The zero-order valence-corrected chi connectivity index (χ0v) is 16.7. The summed E-state index contributed by atoms with van der Waals surface area (Å²) in [5.41, 5.74) is -3.87. The third-order valence-corrected chi connectivity index (χ3v) is 3.25. The highest BCUT2D eigenvalue weighted by Crippen LogP contribution is 2.06. The third-order valence-electron chi connectivity index (χ3n) is 3.25. The lowest BCUT2D eigenvalue weighted by Gasteiger charge is -2.23. The summed E-state index contributed by atoms with van der Waals surface area (Å²) in [6.45, 7) is 5.37. The molecule has 0 fully saturated rings. The van der Waals surface area contributed by atoms with Gasteiger partial charge in [-0.25, -0.2) is 23.7 Å². The van der Waals surface area contributed by atoms with E-state index >= 15 is 0 Å². The summed E-state index contributed by atoms with van der Waals surface area (Å²) in [4.78, 5) is 75.2. The normalized spacial score (nSPS) is 10.9. The van der Waals surface area contributed by atoms with Gasteiger partial charge in [0.1, 0.15) is 18.7 Å². The van der Waals surface area contributed by atoms with Crippen LogP contribution in [0.2, 0.25) is 0 Å². The summed E-state index contributed by atoms with van der Waals surface area (Å²) >= 11 is 0. The Morgan fingerprint density at radius 2 is 1.69 bits per heavy atom. The van der Waals surface area contributed by atoms with Crippen molar-refractivity contribution in [2.75, 3.05) is 26.2 Å². The maximum Gasteiger partial charge on any atom is 0.407 e. The second kappa shape index (κ2) is 10.2. The highest BCUT2D eigenvalue weighted by molar-refractivity contribution is 5.82. The average molecular weight is 415 g/mol. The topological polar surface area (TPSA) is 173 Å². The SMILES string of the molecule is CCOC(=O)CN(CCNC(=O)OC(C)(C)C)C(=O)Cn1c(=O)[nH]c(=O)[nH]c1=O. The van der Waals surface area contributed by atoms with Gasteiger partial charge >= 0.3 is 29.1 Å². The number of ether oxygens (including phenoxy) is 2. The molecule has 13 heteroatoms. The van der Waals surface area contributed by atoms with Gasteiger partial charge in [0, 0.05) is 13.1 Å². The average Bonchev–Trinajstić information content (AvgIpc) is 2.55. The molecule has 162 valence electrons. The van der Waals surface area contributed by atoms with E-state index in [1.807, 2.05) is 9.97 Å². The number of nitrogens with zero attached hydrogens (tertiary/aromatic N) is 2. The van der Waals surface area contributed by atoms with Crippen LogP contribution in [0.3, 0.4) is 0 Å². The van der Waals surface area contributed by atoms with Crippen LogP contribution in [0.5, 0.6) is 0 Å². The molecule has 0 unspecified atom stereocenters. The van der Waals surface area contributed by atoms with Crippen LogP contribution in [0.15, 0.2) is 14.4 Å². The summed E-state index contributed by atoms with van der Waals surface area (Å²) in [5.74, 6) is -1.48. The van der Waals surface area contributed by atoms with Gasteiger partial charge in [-0.3, -0.25) is 19.6 Å². The zero-order valence-electron chi connectivity index (χ0n) is 16.7. The highest BCUT2D eigenvalue weighted by Gasteiger charge is 2.21. The van der Waals surface area contributed by atoms with Gasteiger partial charge < -0.3 is 19.7 Å². The Morgan fingerprint density at radius 3 is 2.21 bits per heavy atom. The maximum atomic E-state index is 12.5. The zero-order chi connectivity index (χ0) is 22.2. The molecule has 29 heavy (non-hydrogen) atoms. The summed E-state index contributed by atoms with van der Waals surface area (Å²) < 4.78 is 10.3. The van der Waals surface area contributed by atoms with Gasteiger partial charge in [0.15, 0.2) is 0 Å². The standard InChI is InChI=1S/C16H25N5O8/c1-5-28-11(23)9-20(7-6-17-15(27)29-16(2,3)4)10(22)8-21-13(25)18-12(24)19-14(21)26/h5-9H2,1-4H3,(H,17,27)(H2,18,19,24,25,26). The van der Waals surface area contributed by atoms with Gasteiger partial charge in [0.05, 0.1) is 6.61 Å². The molecule has 1 rings (SSSR count). The molecule has 0 atom stereocenters. The predicted octanol–water partition coefficient (Wildman–Crippen LogP) is -1.86. The van der Waals surface area contributed by atoms with Crippen LogP contribution in [0.1, 0.15) is 27.7 Å². The van der Waals surface area contributed by atoms with Gasteiger partial charge in [-0.05, 0) is 27.7 Å². The molecular weight excluding hydrogens is 390 g/mol. The van der Waals surface area contributed by atoms with Crippen molar-refractivity contribution in [2.24, 2.45) is 0 Å². The first kappa shape index (κ1) is 23.7. The number of carbonyl (C=O) groups is 3. The minimum absolute atomic E-state index is 0.0586. The summed E-state index contributed by atoms with van der Waals surface area (Å²) in [6.07, 6.45) is -0.714. The Bertz CT molecular complexity index is 873. The Hall–Kier alpha value is -3.38. The molecule has 1 heterocycles. The number of nitrogens with one attached hydrogen (secondary N) is 3. The number of alkyl carbamates (subject to hydrolysis) is 1. The van der Waals surface area contributed by atoms with Gasteiger partial charge in [0.2, 0.25) is 5.91 Å². The molecule has 1 aromatic rings. The highest BCUT2D eigenvalue weighted by atomic mass is 16.6. The van der Waals surface area contributed by atoms with E-state index in [4.69, 9.17) is 9.47 Å². The molecule has 0 bridgehead atoms. The van der Waals surface area contributed by atoms with Gasteiger partial charge in [-0.2, -0.15) is 0 Å². The monoisotopic (exact) mass is 415 g/mol. The van der Waals surface area contributed by atoms with Crippen molar-refractivity contribution in [1.82, 2.24) is 24.8 Å². The van der Waals surface area contributed by atoms with Gasteiger partial charge in [-0.1, -0.05) is 0 Å². The lowest BCUT2D eigenvalue weighted by molar-refractivity contribution is -0.149. The first-order valence-electron chi connectivity index (χ1n) is 8.76. The van der Waals surface area contributed by atoms with E-state index < -0.39 is 53.7 Å². The minimum atomic E-state index is -1.07. The molecule has 0 saturated carbocycles. The molecule has 1 aromatic heterocycles. The van der Waals surface area contributed by atoms with E-state index in [2.05, 4.69) is 5.32 Å². The number of amides is 2. The second-order valence-corrected chi connectivity index (χ2v) is 6.82. The molecule has 0 aliphatic rings. The molecule has 0 radical (unpaired) electrons. The van der Waals surface area contributed by atoms with E-state index in [1.165, 1.54) is 0 Å². The number of aromatic amines is 2. The summed E-state index contributed by atoms with van der Waals surface area (Å²) in [7, 11) is 0. The van der Waals surface area contributed by atoms with Crippen molar-refractivity contribution >= 4 is 18.0 Å². The quantitative estimate of drug-likeness (QED) is 0.415. The van der Waals surface area contributed by atoms with Crippen LogP contribution in [0, 0.1) is 0 Å². The Morgan fingerprint density at radius 1 is 1.10 bits per heavy atom. The molecule has 2 amide bonds. The predicted molar refractivity (Wildman–Crippen MR) is 99.4 cm³/mol. The van der Waals surface area contributed by atoms with Crippen LogP contribution >= 0.6 is 0 Å². The molecular formula is C16H25N5O8. The number of hydrogen-bond donors (Lipinski definition) is 3. The van der Waals surface area contributed by atoms with Crippen LogP contribution in [0.4, 0.5) is 4.79 Å². The minimum Gasteiger partial charge on any atom is -0.465 e. The maximum absolute atomic E-state index is 12.5. The second-order valence-electron chi connectivity index (χ2n) is 6.82. The van der Waals surface area contributed by atoms with Crippen LogP contribution in [0.25, 0.3) is 0 Å². The fourth-order valence-corrected chi connectivity index (χ4v) is 2.09. The largest absolute Gasteiger partial charge is 0.465 e. The molecule has 13 nitrogen and oxygen atoms in total. The molecule has 0 aromatic carbocycles. The van der Waals surface area contributed by atoms with E-state index in [9.17, 15) is 28.8 Å². The lowest BCUT2D eigenvalue weighted by atomic mass is 10.2. The summed E-state index contributed by atoms with van der Waals surface area (Å²) in [6, 6.07) is 0. The van der Waals surface area contributed by atoms with E-state index in [0.29, 0.717) is 4.57 Å². The Balaban J connectivity index is 2.86. The number of rotatable bonds is 8. The van der Waals surface area contributed by atoms with Crippen molar-refractivity contribution < 1.29 is 23.9 Å². The van der Waals surface area contributed by atoms with E-state index in [-0.39, 0.29) is 19.7 Å². The van der Waals surface area contributed by atoms with Gasteiger partial charge in [-0.15, -0.1) is 0 Å². The van der Waals surface area contributed by atoms with Crippen molar-refractivity contribution in [3.05, 3.63) is 31.5 Å². The number of hydrogen-bond acceptors (Lipinski definition) is 8. The van der Waals surface area contributed by atoms with E-state index in [0.717, 1.165) is 4.90 Å². The van der Waals surface area contributed by atoms with Crippen molar-refractivity contribution in [3.8, 4) is 0 Å². The molecule has 0 spiro atoms. The molecule has 3 N–H and O–H groups in total. The van der Waals surface area contributed by atoms with Crippen molar-refractivity contribution in [1.29, 1.82) is 0 Å². The van der Waals surface area contributed by atoms with Crippen molar-refractivity contribution in [3.63, 3.8) is 0 Å². The Kier molecular flexibility index (Phi) is 8.36. The number of aromatic nitrogens is 3. The molecule has 0 saturated heterocycles. The van der Waals surface area contributed by atoms with Crippen LogP contribution < -0.4 is 22.4 Å². The van der Waals surface area contributed by atoms with Crippen LogP contribution in [-0.4, -0.2) is 69.2 Å². The number of esters is 1. The fraction of sp³-hybridized carbons (Fsp3) is 0.625. The van der Waals surface area contributed by atoms with Crippen molar-refractivity contribution in [2.45, 2.75) is 39.8 Å². The smallest absolute Gasteiger partial charge is 0.407 e. The number of carbonyl (C=O) groups excluding carboxylic acids is 3. The van der Waals surface area contributed by atoms with Crippen LogP contribution in [-0.2, 0) is 25.6 Å². The summed E-state index contributed by atoms with van der Waals surface area (Å²) in [5, 5.41) is 2.43. The number of H-pyrrole nitrogens is 2. The lowest BCUT2D eigenvalue weighted by Crippen LogP contribution is -2.49. The Labute approximate surface area is 165 Å². The van der Waals surface area contributed by atoms with Gasteiger partial charge in [0.25, 0.3) is 0 Å². The first-order chi connectivity index (χ1) is 13.4. The molecule has 0 aliphatic carbocycles. The fourth-order valence-electron chi connectivity index (χ4n) is 2.09.